The average molecular weight is 438 g/mol. The van der Waals surface area contributed by atoms with Crippen molar-refractivity contribution in [3.8, 4) is 11.5 Å². The van der Waals surface area contributed by atoms with Crippen LogP contribution in [0.25, 0.3) is 21.5 Å². The normalized spacial score (nSPS) is 17.7. The van der Waals surface area contributed by atoms with Crippen LogP contribution in [0, 0.1) is 0 Å². The zero-order valence-electron chi connectivity index (χ0n) is 17.9. The summed E-state index contributed by atoms with van der Waals surface area (Å²) in [7, 11) is 0. The van der Waals surface area contributed by atoms with E-state index in [0.717, 1.165) is 10.8 Å². The van der Waals surface area contributed by atoms with Gasteiger partial charge in [0.2, 0.25) is 11.8 Å². The molecule has 0 aromatic heterocycles. The number of hydrogen-bond donors (Lipinski definition) is 2. The molecule has 2 heterocycles. The Morgan fingerprint density at radius 3 is 1.39 bits per heavy atom. The van der Waals surface area contributed by atoms with Gasteiger partial charge in [-0.2, -0.15) is 0 Å². The number of rotatable bonds is 2. The summed E-state index contributed by atoms with van der Waals surface area (Å²) in [4.78, 5) is 30.2. The third-order valence-electron chi connectivity index (χ3n) is 7.05. The first-order valence-corrected chi connectivity index (χ1v) is 11.1. The first-order valence-electron chi connectivity index (χ1n) is 11.1. The summed E-state index contributed by atoms with van der Waals surface area (Å²) in [6.07, 6.45) is 1.69. The van der Waals surface area contributed by atoms with E-state index in [-0.39, 0.29) is 23.3 Å². The van der Waals surface area contributed by atoms with Crippen molar-refractivity contribution in [2.45, 2.75) is 31.3 Å². The molecule has 6 nitrogen and oxygen atoms in total. The molecule has 2 N–H and O–H groups in total. The fraction of sp³-hybridized carbons (Fsp3) is 0.185. The minimum atomic E-state index is -0.840. The molecule has 4 aromatic rings. The Morgan fingerprint density at radius 2 is 0.970 bits per heavy atom. The van der Waals surface area contributed by atoms with Crippen molar-refractivity contribution in [1.29, 1.82) is 0 Å². The maximum absolute atomic E-state index is 13.4. The van der Waals surface area contributed by atoms with Crippen LogP contribution in [0.2, 0.25) is 0 Å². The molecule has 2 aliphatic rings. The second-order valence-electron chi connectivity index (χ2n) is 8.74. The Morgan fingerprint density at radius 1 is 0.576 bits per heavy atom. The quantitative estimate of drug-likeness (QED) is 0.459. The molecule has 2 fully saturated rings. The number of carbonyl (C=O) groups excluding carboxylic acids is 2. The van der Waals surface area contributed by atoms with Gasteiger partial charge in [-0.1, -0.05) is 48.5 Å². The molecule has 2 saturated heterocycles. The van der Waals surface area contributed by atoms with E-state index in [4.69, 9.17) is 0 Å². The number of amides is 2. The van der Waals surface area contributed by atoms with Crippen LogP contribution in [0.1, 0.15) is 25.7 Å². The van der Waals surface area contributed by atoms with Gasteiger partial charge in [-0.15, -0.1) is 0 Å². The van der Waals surface area contributed by atoms with Gasteiger partial charge >= 0.3 is 0 Å². The molecular formula is C27H22N2O4. The van der Waals surface area contributed by atoms with Gasteiger partial charge in [-0.05, 0) is 37.1 Å². The minimum Gasteiger partial charge on any atom is -0.507 e. The fourth-order valence-electron chi connectivity index (χ4n) is 5.62. The van der Waals surface area contributed by atoms with Crippen LogP contribution in [-0.2, 0) is 9.59 Å². The molecule has 4 aromatic carbocycles. The molecule has 0 bridgehead atoms. The van der Waals surface area contributed by atoms with Crippen LogP contribution in [-0.4, -0.2) is 27.7 Å². The second-order valence-corrected chi connectivity index (χ2v) is 8.74. The summed E-state index contributed by atoms with van der Waals surface area (Å²) in [5.74, 6) is 0.208. The minimum absolute atomic E-state index is 0.0476. The summed E-state index contributed by atoms with van der Waals surface area (Å²) in [5.41, 5.74) is 0.538. The van der Waals surface area contributed by atoms with Crippen LogP contribution >= 0.6 is 0 Å². The van der Waals surface area contributed by atoms with Crippen LogP contribution < -0.4 is 9.80 Å². The monoisotopic (exact) mass is 438 g/mol. The SMILES string of the molecule is O=C1CCC2(CCC(=O)N2c2ccc(O)c3ccccc23)N1c1ccc(O)c2ccccc12. The summed E-state index contributed by atoms with van der Waals surface area (Å²) in [6, 6.07) is 21.6. The molecule has 0 radical (unpaired) electrons. The fourth-order valence-corrected chi connectivity index (χ4v) is 5.62. The molecule has 1 spiro atoms. The molecule has 6 rings (SSSR count). The topological polar surface area (TPSA) is 81.1 Å². The first kappa shape index (κ1) is 19.6. The molecule has 0 saturated carbocycles. The lowest BCUT2D eigenvalue weighted by Gasteiger charge is -2.43. The van der Waals surface area contributed by atoms with Crippen molar-refractivity contribution >= 4 is 44.7 Å². The van der Waals surface area contributed by atoms with Crippen LogP contribution in [0.3, 0.4) is 0 Å². The molecule has 2 aliphatic heterocycles. The maximum Gasteiger partial charge on any atom is 0.229 e. The third-order valence-corrected chi connectivity index (χ3v) is 7.05. The van der Waals surface area contributed by atoms with E-state index >= 15 is 0 Å². The van der Waals surface area contributed by atoms with E-state index in [9.17, 15) is 19.8 Å². The van der Waals surface area contributed by atoms with Crippen LogP contribution in [0.15, 0.2) is 72.8 Å². The van der Waals surface area contributed by atoms with E-state index in [1.54, 1.807) is 34.1 Å². The van der Waals surface area contributed by atoms with E-state index < -0.39 is 5.66 Å². The van der Waals surface area contributed by atoms with Gasteiger partial charge in [0.15, 0.2) is 0 Å². The van der Waals surface area contributed by atoms with Gasteiger partial charge < -0.3 is 10.2 Å². The molecule has 2 amide bonds. The van der Waals surface area contributed by atoms with E-state index in [1.807, 2.05) is 48.5 Å². The van der Waals surface area contributed by atoms with Crippen molar-refractivity contribution in [2.75, 3.05) is 9.80 Å². The average Bonchev–Trinajstić information content (AvgIpc) is 3.34. The molecule has 33 heavy (non-hydrogen) atoms. The maximum atomic E-state index is 13.4. The van der Waals surface area contributed by atoms with Crippen molar-refractivity contribution in [3.63, 3.8) is 0 Å². The summed E-state index contributed by atoms with van der Waals surface area (Å²) in [6.45, 7) is 0. The number of phenols is 2. The lowest BCUT2D eigenvalue weighted by molar-refractivity contribution is -0.117. The van der Waals surface area contributed by atoms with Gasteiger partial charge in [0, 0.05) is 34.4 Å². The number of fused-ring (bicyclic) bond motifs is 2. The number of hydrogen-bond acceptors (Lipinski definition) is 4. The van der Waals surface area contributed by atoms with Crippen molar-refractivity contribution in [3.05, 3.63) is 72.8 Å². The number of aromatic hydroxyl groups is 2. The van der Waals surface area contributed by atoms with Gasteiger partial charge in [0.25, 0.3) is 0 Å². The van der Waals surface area contributed by atoms with Crippen molar-refractivity contribution in [1.82, 2.24) is 0 Å². The molecule has 0 unspecified atom stereocenters. The second kappa shape index (κ2) is 6.97. The Bertz CT molecular complexity index is 1350. The highest BCUT2D eigenvalue weighted by molar-refractivity contribution is 6.13. The Hall–Kier alpha value is -4.06. The first-order chi connectivity index (χ1) is 16.0. The summed E-state index contributed by atoms with van der Waals surface area (Å²) >= 11 is 0. The number of anilines is 2. The number of phenolic OH excluding ortho intramolecular Hbond substituents is 2. The molecule has 0 atom stereocenters. The number of nitrogens with zero attached hydrogens (tertiary/aromatic N) is 2. The highest BCUT2D eigenvalue weighted by Gasteiger charge is 2.56. The van der Waals surface area contributed by atoms with Crippen molar-refractivity contribution < 1.29 is 19.8 Å². The lowest BCUT2D eigenvalue weighted by atomic mass is 9.99. The lowest BCUT2D eigenvalue weighted by Crippen LogP contribution is -2.56. The van der Waals surface area contributed by atoms with Gasteiger partial charge in [0.1, 0.15) is 17.2 Å². The molecule has 164 valence electrons. The Balaban J connectivity index is 1.60. The van der Waals surface area contributed by atoms with Gasteiger partial charge in [0.05, 0.1) is 11.4 Å². The standard InChI is InChI=1S/C27H22N2O4/c30-23-11-9-21(17-5-1-3-7-19(17)23)28-25(32)13-15-27(28)16-14-26(33)29(27)22-10-12-24(31)20-8-4-2-6-18(20)22/h1-12,30-31H,13-16H2. The Labute approximate surface area is 190 Å². The molecule has 0 aliphatic carbocycles. The number of carbonyl (C=O) groups is 2. The highest BCUT2D eigenvalue weighted by Crippen LogP contribution is 2.50. The van der Waals surface area contributed by atoms with Gasteiger partial charge in [-0.25, -0.2) is 0 Å². The van der Waals surface area contributed by atoms with E-state index in [2.05, 4.69) is 0 Å². The predicted molar refractivity (Wildman–Crippen MR) is 127 cm³/mol. The number of benzene rings is 4. The highest BCUT2D eigenvalue weighted by atomic mass is 16.3. The van der Waals surface area contributed by atoms with Gasteiger partial charge in [-0.3, -0.25) is 19.4 Å². The largest absolute Gasteiger partial charge is 0.507 e. The van der Waals surface area contributed by atoms with Crippen LogP contribution in [0.4, 0.5) is 11.4 Å². The zero-order chi connectivity index (χ0) is 22.7. The van der Waals surface area contributed by atoms with Crippen LogP contribution in [0.5, 0.6) is 11.5 Å². The van der Waals surface area contributed by atoms with E-state index in [0.29, 0.717) is 47.8 Å². The van der Waals surface area contributed by atoms with E-state index in [1.165, 1.54) is 0 Å². The third kappa shape index (κ3) is 2.67. The predicted octanol–water partition coefficient (Wildman–Crippen LogP) is 5.05. The summed E-state index contributed by atoms with van der Waals surface area (Å²) < 4.78 is 0. The Kier molecular flexibility index (Phi) is 4.14. The summed E-state index contributed by atoms with van der Waals surface area (Å²) in [5, 5.41) is 23.6. The van der Waals surface area contributed by atoms with Crippen molar-refractivity contribution in [2.24, 2.45) is 0 Å². The molecular weight excluding hydrogens is 416 g/mol. The zero-order valence-corrected chi connectivity index (χ0v) is 17.9. The molecule has 6 heteroatoms. The smallest absolute Gasteiger partial charge is 0.229 e.